The Morgan fingerprint density at radius 1 is 0.681 bits per heavy atom. The van der Waals surface area contributed by atoms with Gasteiger partial charge in [0.25, 0.3) is 5.91 Å². The third-order valence-electron chi connectivity index (χ3n) is 17.3. The van der Waals surface area contributed by atoms with Gasteiger partial charge in [-0.2, -0.15) is 13.9 Å². The number of aliphatic carboxylic acids is 1. The smallest absolute Gasteiger partial charge is 0.407 e. The summed E-state index contributed by atoms with van der Waals surface area (Å²) in [7, 11) is 0. The first-order valence-corrected chi connectivity index (χ1v) is 37.4. The number of aliphatic hydroxyl groups excluding tert-OH is 3. The van der Waals surface area contributed by atoms with E-state index in [1.807, 2.05) is 23.6 Å². The highest BCUT2D eigenvalue weighted by atomic mass is 19.2. The van der Waals surface area contributed by atoms with Crippen LogP contribution in [0.4, 0.5) is 49.6 Å². The summed E-state index contributed by atoms with van der Waals surface area (Å²) in [6.45, 7) is 8.22. The Labute approximate surface area is 663 Å². The van der Waals surface area contributed by atoms with E-state index in [1.165, 1.54) is 24.4 Å². The molecule has 13 N–H and O–H groups in total. The van der Waals surface area contributed by atoms with Crippen molar-refractivity contribution < 1.29 is 133 Å². The zero-order valence-corrected chi connectivity index (χ0v) is 64.0. The number of nitrogens with two attached hydrogens (primary N) is 2. The number of alkyl carbamates (subject to hydrolysis) is 1. The van der Waals surface area contributed by atoms with Crippen molar-refractivity contribution in [1.29, 1.82) is 0 Å². The van der Waals surface area contributed by atoms with E-state index >= 15 is 0 Å². The van der Waals surface area contributed by atoms with Crippen LogP contribution in [0.3, 0.4) is 0 Å². The Hall–Kier alpha value is -10.5. The number of amides is 6. The van der Waals surface area contributed by atoms with E-state index in [2.05, 4.69) is 51.4 Å². The van der Waals surface area contributed by atoms with Crippen molar-refractivity contribution >= 4 is 94.3 Å². The molecule has 5 atom stereocenters. The van der Waals surface area contributed by atoms with E-state index in [9.17, 15) is 80.7 Å². The Morgan fingerprint density at radius 3 is 1.93 bits per heavy atom. The number of amidine groups is 1. The summed E-state index contributed by atoms with van der Waals surface area (Å²) in [6, 6.07) is 12.6. The van der Waals surface area contributed by atoms with Gasteiger partial charge in [-0.3, -0.25) is 33.8 Å². The summed E-state index contributed by atoms with van der Waals surface area (Å²) in [4.78, 5) is 119. The van der Waals surface area contributed by atoms with Crippen LogP contribution in [-0.4, -0.2) is 271 Å². The molecule has 2 unspecified atom stereocenters. The number of hydrazone groups is 1. The number of carboxylic acid groups (broad SMARTS) is 1. The molecule has 4 aromatic rings. The van der Waals surface area contributed by atoms with Gasteiger partial charge in [0.2, 0.25) is 64.8 Å². The maximum Gasteiger partial charge on any atom is 0.407 e. The van der Waals surface area contributed by atoms with Crippen molar-refractivity contribution in [3.05, 3.63) is 106 Å². The van der Waals surface area contributed by atoms with Gasteiger partial charge in [0, 0.05) is 93.9 Å². The van der Waals surface area contributed by atoms with Crippen molar-refractivity contribution in [1.82, 2.24) is 25.8 Å². The monoisotopic (exact) mass is 1640 g/mol. The second-order valence-electron chi connectivity index (χ2n) is 26.0. The highest BCUT2D eigenvalue weighted by Gasteiger charge is 2.48. The number of piperidine rings is 1. The number of nitrogens with zero attached hydrogens (tertiary/aromatic N) is 6. The molecule has 636 valence electrons. The molecular weight excluding hydrogens is 1550 g/mol. The van der Waals surface area contributed by atoms with Gasteiger partial charge in [-0.15, -0.1) is 0 Å². The molecule has 2 fully saturated rings. The molecule has 0 spiro atoms. The number of carboxylic acids is 1. The fraction of sp³-hybridized carbons (Fsp3) is 0.520. The number of anilines is 3. The molecule has 0 bridgehead atoms. The predicted octanol–water partition coefficient (Wildman–Crippen LogP) is 3.32. The van der Waals surface area contributed by atoms with Crippen LogP contribution in [0.25, 0.3) is 6.08 Å². The average molecular weight is 1640 g/mol. The number of halogens is 5. The lowest BCUT2D eigenvalue weighted by Gasteiger charge is -2.38. The molecule has 36 nitrogen and oxygen atoms in total. The summed E-state index contributed by atoms with van der Waals surface area (Å²) in [5.41, 5.74) is 9.24. The number of carbonyl (C=O) groups is 8. The summed E-state index contributed by atoms with van der Waals surface area (Å²) in [5.74, 6) is -12.1. The normalized spacial score (nSPS) is 17.0. The van der Waals surface area contributed by atoms with Gasteiger partial charge in [0.05, 0.1) is 129 Å². The molecule has 3 aliphatic rings. The Morgan fingerprint density at radius 2 is 1.30 bits per heavy atom. The number of carbonyl (C=O) groups excluding carboxylic acids is 7. The fourth-order valence-electron chi connectivity index (χ4n) is 11.3. The van der Waals surface area contributed by atoms with Crippen molar-refractivity contribution in [2.45, 2.75) is 103 Å². The van der Waals surface area contributed by atoms with Crippen LogP contribution in [0, 0.1) is 35.0 Å². The highest BCUT2D eigenvalue weighted by Crippen LogP contribution is 2.34. The number of aromatic nitrogens is 1. The minimum absolute atomic E-state index is 0.00212. The third kappa shape index (κ3) is 30.3. The lowest BCUT2D eigenvalue weighted by molar-refractivity contribution is -0.271. The zero-order valence-electron chi connectivity index (χ0n) is 64.0. The summed E-state index contributed by atoms with van der Waals surface area (Å²) in [6.07, 6.45) is -4.03. The maximum absolute atomic E-state index is 13.7. The number of benzene rings is 3. The van der Waals surface area contributed by atoms with E-state index in [1.54, 1.807) is 42.6 Å². The Balaban J connectivity index is 0.706. The standard InChI is InChI=1S/C75H98F5N13O23/c1-3-20-93(21-4-2)72(102)49-38-47-6-7-48(39-52(47)89-55(81)40-49)71(101)88-50-8-10-56(87-42-50)92-22-12-46(13-23-92)70(100)85-17-18-86-75(105)113-43-45-5-9-54(114-74-67(99)65(97)66(98)69(116-74)73(103)104)53(37-45)90-58(95)11-16-84-57(94)14-24-107-27-28-108-29-30-109-31-32-110-33-34-111-35-36-112-44-51(91-82)41-83-19-26-106-25-15-59(96)115-68-63(79)61(77)60(76)62(78)64(68)80/h5-10,37-39,41-42,46,65-67,69,74,97-99H,3-4,11-36,40,43-44,82H2,1-2H3,(H2,81,89)(H,84,94)(H,85,100)(H,86,105)(H,88,101)(H,90,95)(H,103,104)/t65-,66?,67?,69-,74+/m0/s1. The predicted molar refractivity (Wildman–Crippen MR) is 405 cm³/mol. The lowest BCUT2D eigenvalue weighted by Crippen LogP contribution is -2.61. The van der Waals surface area contributed by atoms with E-state index < -0.39 is 108 Å². The quantitative estimate of drug-likeness (QED) is 0.00348. The van der Waals surface area contributed by atoms with Gasteiger partial charge >= 0.3 is 18.0 Å². The molecular formula is C75H98F5N13O23. The van der Waals surface area contributed by atoms with Crippen LogP contribution in [0.15, 0.2) is 75.4 Å². The summed E-state index contributed by atoms with van der Waals surface area (Å²) < 4.78 is 126. The molecule has 3 aliphatic heterocycles. The first-order valence-electron chi connectivity index (χ1n) is 37.4. The maximum atomic E-state index is 13.7. The number of esters is 1. The van der Waals surface area contributed by atoms with E-state index in [0.29, 0.717) is 85.1 Å². The van der Waals surface area contributed by atoms with Gasteiger partial charge in [0.15, 0.2) is 6.10 Å². The van der Waals surface area contributed by atoms with Crippen LogP contribution in [0.1, 0.15) is 86.7 Å². The molecule has 6 amide bonds. The SMILES string of the molecule is CCCN(CCC)C(=O)C1=Cc2ccc(C(=O)Nc3ccc(N4CCC(C(=O)NCCNC(=O)OCc5ccc(O[C@@H]6O[C@H](C(=O)O)C(O)[C@H](O)C6O)c(NC(=O)CCNC(=O)CCOCCOCCOCCOCCOCCOCC(C=NCCOCCC(=O)Oc6c(F)c(F)c(F)c(F)c6F)=NN)c5)CC4)nc3)cc2N=C(N)C1. The zero-order chi connectivity index (χ0) is 83.9. The largest absolute Gasteiger partial charge is 0.479 e. The van der Waals surface area contributed by atoms with E-state index in [4.69, 9.17) is 58.9 Å². The number of hydrogen-bond acceptors (Lipinski definition) is 29. The number of aliphatic hydroxyl groups is 3. The highest BCUT2D eigenvalue weighted by molar-refractivity contribution is 6.31. The molecule has 2 saturated heterocycles. The molecule has 3 aromatic carbocycles. The molecule has 1 aromatic heterocycles. The first kappa shape index (κ1) is 92.7. The van der Waals surface area contributed by atoms with Gasteiger partial charge in [-0.25, -0.2) is 32.7 Å². The van der Waals surface area contributed by atoms with Gasteiger partial charge < -0.3 is 120 Å². The fourth-order valence-corrected chi connectivity index (χ4v) is 11.3. The second kappa shape index (κ2) is 49.4. The molecule has 7 rings (SSSR count). The number of hydrogen-bond donors (Lipinski definition) is 11. The van der Waals surface area contributed by atoms with Crippen LogP contribution < -0.4 is 52.5 Å². The second-order valence-corrected chi connectivity index (χ2v) is 26.0. The Kier molecular flexibility index (Phi) is 39.5. The third-order valence-corrected chi connectivity index (χ3v) is 17.3. The molecule has 116 heavy (non-hydrogen) atoms. The van der Waals surface area contributed by atoms with Crippen molar-refractivity contribution in [2.24, 2.45) is 32.6 Å². The molecule has 0 radical (unpaired) electrons. The first-order chi connectivity index (χ1) is 55.9. The van der Waals surface area contributed by atoms with Gasteiger partial charge in [-0.05, 0) is 73.7 Å². The number of fused-ring (bicyclic) bond motifs is 1. The number of ether oxygens (including phenoxy) is 11. The lowest BCUT2D eigenvalue weighted by atomic mass is 9.96. The summed E-state index contributed by atoms with van der Waals surface area (Å²) in [5, 5.41) is 57.9. The number of rotatable bonds is 49. The van der Waals surface area contributed by atoms with Crippen LogP contribution >= 0.6 is 0 Å². The van der Waals surface area contributed by atoms with Gasteiger partial charge in [-0.1, -0.05) is 26.0 Å². The minimum Gasteiger partial charge on any atom is -0.479 e. The van der Waals surface area contributed by atoms with Crippen molar-refractivity contribution in [3.8, 4) is 11.5 Å². The van der Waals surface area contributed by atoms with Gasteiger partial charge in [0.1, 0.15) is 48.0 Å². The van der Waals surface area contributed by atoms with E-state index in [0.717, 1.165) is 12.8 Å². The van der Waals surface area contributed by atoms with E-state index in [-0.39, 0.29) is 179 Å². The number of pyridine rings is 1. The van der Waals surface area contributed by atoms with Crippen molar-refractivity contribution in [3.63, 3.8) is 0 Å². The van der Waals surface area contributed by atoms with Crippen LogP contribution in [0.2, 0.25) is 0 Å². The molecule has 0 aliphatic carbocycles. The molecule has 4 heterocycles. The Bertz CT molecular complexity index is 4010. The molecule has 0 saturated carbocycles. The minimum atomic E-state index is -2.39. The summed E-state index contributed by atoms with van der Waals surface area (Å²) >= 11 is 0. The van der Waals surface area contributed by atoms with Crippen molar-refractivity contribution in [2.75, 3.05) is 160 Å². The topological polar surface area (TPSA) is 488 Å². The van der Waals surface area contributed by atoms with Crippen LogP contribution in [-0.2, 0) is 78.0 Å². The molecule has 41 heteroatoms. The van der Waals surface area contributed by atoms with Crippen LogP contribution in [0.5, 0.6) is 11.5 Å². The number of nitrogens with one attached hydrogen (secondary N) is 5. The number of aliphatic imine (C=N–C) groups is 2. The average Bonchev–Trinajstić information content (AvgIpc) is 1.14.